The number of allylic oxidation sites excluding steroid dienone is 1. The van der Waals surface area contributed by atoms with Crippen LogP contribution in [0.3, 0.4) is 0 Å². The molecule has 0 spiro atoms. The van der Waals surface area contributed by atoms with Crippen molar-refractivity contribution in [3.8, 4) is 0 Å². The van der Waals surface area contributed by atoms with E-state index in [-0.39, 0.29) is 23.8 Å². The van der Waals surface area contributed by atoms with Crippen LogP contribution in [0.2, 0.25) is 0 Å². The standard InChI is InChI=1S/C30H32N4O3/c1-18(28(35)31-16-15-19-9-3-2-4-10-19)32-29(36)25-17-23-20-11-7-8-14-24(20)33-26(23)27-21-12-5-6-13-22(21)30(37)34(25)27/h5-9,11-14,18,25,27,33H,2-4,10,15-17H2,1H3,(H,31,35)(H,32,36)/t18-,25-,27?/m0/s1. The first-order valence-corrected chi connectivity index (χ1v) is 13.3. The fraction of sp³-hybridized carbons (Fsp3) is 0.367. The van der Waals surface area contributed by atoms with Crippen molar-refractivity contribution in [3.05, 3.63) is 82.6 Å². The second-order valence-corrected chi connectivity index (χ2v) is 10.4. The lowest BCUT2D eigenvalue weighted by atomic mass is 9.90. The van der Waals surface area contributed by atoms with Crippen molar-refractivity contribution in [3.63, 3.8) is 0 Å². The van der Waals surface area contributed by atoms with Crippen LogP contribution in [0.5, 0.6) is 0 Å². The minimum absolute atomic E-state index is 0.150. The average Bonchev–Trinajstić information content (AvgIpc) is 3.44. The lowest BCUT2D eigenvalue weighted by molar-refractivity contribution is -0.131. The third-order valence-corrected chi connectivity index (χ3v) is 8.04. The van der Waals surface area contributed by atoms with Gasteiger partial charge in [0.2, 0.25) is 11.8 Å². The number of aromatic nitrogens is 1. The zero-order valence-electron chi connectivity index (χ0n) is 21.0. The Morgan fingerprint density at radius 3 is 2.76 bits per heavy atom. The Hall–Kier alpha value is -3.87. The minimum Gasteiger partial charge on any atom is -0.356 e. The molecule has 3 amide bonds. The molecule has 6 rings (SSSR count). The Bertz CT molecular complexity index is 1420. The first kappa shape index (κ1) is 23.5. The summed E-state index contributed by atoms with van der Waals surface area (Å²) in [4.78, 5) is 45.2. The quantitative estimate of drug-likeness (QED) is 0.448. The summed E-state index contributed by atoms with van der Waals surface area (Å²) in [6.07, 6.45) is 8.20. The monoisotopic (exact) mass is 496 g/mol. The van der Waals surface area contributed by atoms with Crippen molar-refractivity contribution >= 4 is 28.6 Å². The molecule has 3 heterocycles. The van der Waals surface area contributed by atoms with Gasteiger partial charge in [0.25, 0.3) is 5.91 Å². The molecular formula is C30H32N4O3. The summed E-state index contributed by atoms with van der Waals surface area (Å²) in [5.41, 5.74) is 5.94. The number of nitrogens with zero attached hydrogens (tertiary/aromatic N) is 1. The lowest BCUT2D eigenvalue weighted by Crippen LogP contribution is -2.56. The Balaban J connectivity index is 1.23. The first-order valence-electron chi connectivity index (χ1n) is 13.3. The molecule has 190 valence electrons. The minimum atomic E-state index is -0.709. The fourth-order valence-corrected chi connectivity index (χ4v) is 6.14. The van der Waals surface area contributed by atoms with Crippen LogP contribution in [0.1, 0.15) is 72.2 Å². The summed E-state index contributed by atoms with van der Waals surface area (Å²) in [5.74, 6) is -0.663. The molecule has 2 aliphatic heterocycles. The van der Waals surface area contributed by atoms with Gasteiger partial charge >= 0.3 is 0 Å². The van der Waals surface area contributed by atoms with Gasteiger partial charge in [0, 0.05) is 35.1 Å². The molecule has 2 aromatic carbocycles. The van der Waals surface area contributed by atoms with Crippen molar-refractivity contribution in [2.75, 3.05) is 6.54 Å². The second-order valence-electron chi connectivity index (χ2n) is 10.4. The number of hydrogen-bond donors (Lipinski definition) is 3. The number of amides is 3. The van der Waals surface area contributed by atoms with Crippen molar-refractivity contribution in [1.29, 1.82) is 0 Å². The summed E-state index contributed by atoms with van der Waals surface area (Å²) in [5, 5.41) is 6.93. The number of carbonyl (C=O) groups is 3. The van der Waals surface area contributed by atoms with Crippen LogP contribution >= 0.6 is 0 Å². The van der Waals surface area contributed by atoms with Gasteiger partial charge in [-0.1, -0.05) is 48.0 Å². The van der Waals surface area contributed by atoms with E-state index in [4.69, 9.17) is 0 Å². The van der Waals surface area contributed by atoms with E-state index in [1.54, 1.807) is 11.8 Å². The number of para-hydroxylation sites is 1. The van der Waals surface area contributed by atoms with Gasteiger partial charge in [0.05, 0.1) is 6.04 Å². The van der Waals surface area contributed by atoms with E-state index in [0.29, 0.717) is 18.5 Å². The van der Waals surface area contributed by atoms with Crippen molar-refractivity contribution in [2.45, 2.75) is 63.6 Å². The molecule has 7 heteroatoms. The summed E-state index contributed by atoms with van der Waals surface area (Å²) < 4.78 is 0. The van der Waals surface area contributed by atoms with Gasteiger partial charge in [-0.05, 0) is 62.3 Å². The smallest absolute Gasteiger partial charge is 0.255 e. The van der Waals surface area contributed by atoms with Gasteiger partial charge in [-0.25, -0.2) is 0 Å². The number of H-pyrrole nitrogens is 1. The number of carbonyl (C=O) groups excluding carboxylic acids is 3. The van der Waals surface area contributed by atoms with Crippen molar-refractivity contribution in [1.82, 2.24) is 20.5 Å². The number of nitrogens with one attached hydrogen (secondary N) is 3. The molecule has 0 saturated carbocycles. The molecule has 3 N–H and O–H groups in total. The van der Waals surface area contributed by atoms with Crippen molar-refractivity contribution in [2.24, 2.45) is 0 Å². The number of rotatable bonds is 6. The molecule has 0 radical (unpaired) electrons. The summed E-state index contributed by atoms with van der Waals surface area (Å²) in [6, 6.07) is 13.8. The third-order valence-electron chi connectivity index (χ3n) is 8.04. The molecule has 3 atom stereocenters. The third kappa shape index (κ3) is 4.12. The van der Waals surface area contributed by atoms with E-state index in [2.05, 4.69) is 27.8 Å². The van der Waals surface area contributed by atoms with Gasteiger partial charge in [0.15, 0.2) is 0 Å². The summed E-state index contributed by atoms with van der Waals surface area (Å²) >= 11 is 0. The molecule has 1 aliphatic carbocycles. The average molecular weight is 497 g/mol. The van der Waals surface area contributed by atoms with Crippen LogP contribution in [-0.2, 0) is 16.0 Å². The Labute approximate surface area is 216 Å². The Kier molecular flexibility index (Phi) is 6.07. The molecule has 3 aliphatic rings. The number of fused-ring (bicyclic) bond motifs is 7. The Morgan fingerprint density at radius 2 is 1.92 bits per heavy atom. The normalized spacial score (nSPS) is 21.1. The number of aromatic amines is 1. The first-order chi connectivity index (χ1) is 18.0. The number of hydrogen-bond acceptors (Lipinski definition) is 3. The van der Waals surface area contributed by atoms with E-state index in [1.165, 1.54) is 18.4 Å². The highest BCUT2D eigenvalue weighted by molar-refractivity contribution is 6.04. The van der Waals surface area contributed by atoms with Gasteiger partial charge in [-0.3, -0.25) is 14.4 Å². The predicted molar refractivity (Wildman–Crippen MR) is 142 cm³/mol. The van der Waals surface area contributed by atoms with Gasteiger partial charge in [0.1, 0.15) is 12.1 Å². The van der Waals surface area contributed by atoms with Crippen LogP contribution in [-0.4, -0.2) is 46.2 Å². The molecular weight excluding hydrogens is 464 g/mol. The van der Waals surface area contributed by atoms with Crippen LogP contribution < -0.4 is 10.6 Å². The van der Waals surface area contributed by atoms with Crippen LogP contribution in [0.15, 0.2) is 60.2 Å². The van der Waals surface area contributed by atoms with Crippen molar-refractivity contribution < 1.29 is 14.4 Å². The molecule has 3 aromatic rings. The van der Waals surface area contributed by atoms with E-state index in [1.807, 2.05) is 42.5 Å². The molecule has 0 fully saturated rings. The molecule has 1 aromatic heterocycles. The maximum Gasteiger partial charge on any atom is 0.255 e. The predicted octanol–water partition coefficient (Wildman–Crippen LogP) is 4.15. The molecule has 1 unspecified atom stereocenters. The van der Waals surface area contributed by atoms with Crippen LogP contribution in [0, 0.1) is 0 Å². The van der Waals surface area contributed by atoms with Crippen LogP contribution in [0.4, 0.5) is 0 Å². The largest absolute Gasteiger partial charge is 0.356 e. The second kappa shape index (κ2) is 9.54. The highest BCUT2D eigenvalue weighted by Crippen LogP contribution is 2.46. The fourth-order valence-electron chi connectivity index (χ4n) is 6.14. The summed E-state index contributed by atoms with van der Waals surface area (Å²) in [6.45, 7) is 2.26. The lowest BCUT2D eigenvalue weighted by Gasteiger charge is -2.37. The highest BCUT2D eigenvalue weighted by atomic mass is 16.2. The molecule has 7 nitrogen and oxygen atoms in total. The van der Waals surface area contributed by atoms with Crippen LogP contribution in [0.25, 0.3) is 10.9 Å². The van der Waals surface area contributed by atoms with E-state index in [9.17, 15) is 14.4 Å². The molecule has 37 heavy (non-hydrogen) atoms. The maximum atomic E-state index is 13.6. The summed E-state index contributed by atoms with van der Waals surface area (Å²) in [7, 11) is 0. The van der Waals surface area contributed by atoms with Gasteiger partial charge < -0.3 is 20.5 Å². The maximum absolute atomic E-state index is 13.6. The number of benzene rings is 2. The Morgan fingerprint density at radius 1 is 1.11 bits per heavy atom. The SMILES string of the molecule is C[C@H](NC(=O)[C@@H]1Cc2c([nH]c3ccccc23)C2c3ccccc3C(=O)N21)C(=O)NCCC1=CCCCC1. The highest BCUT2D eigenvalue weighted by Gasteiger charge is 2.49. The van der Waals surface area contributed by atoms with Gasteiger partial charge in [-0.2, -0.15) is 0 Å². The topological polar surface area (TPSA) is 94.3 Å². The van der Waals surface area contributed by atoms with E-state index < -0.39 is 12.1 Å². The van der Waals surface area contributed by atoms with E-state index in [0.717, 1.165) is 47.0 Å². The molecule has 0 bridgehead atoms. The zero-order chi connectivity index (χ0) is 25.5. The zero-order valence-corrected chi connectivity index (χ0v) is 21.0. The molecule has 0 saturated heterocycles. The van der Waals surface area contributed by atoms with E-state index >= 15 is 0 Å². The van der Waals surface area contributed by atoms with Gasteiger partial charge in [-0.15, -0.1) is 0 Å².